The molecule has 9 heteroatoms. The van der Waals surface area contributed by atoms with Gasteiger partial charge in [0, 0.05) is 33.6 Å². The van der Waals surface area contributed by atoms with E-state index < -0.39 is 17.8 Å². The molecule has 3 saturated carbocycles. The Morgan fingerprint density at radius 2 is 1.79 bits per heavy atom. The lowest BCUT2D eigenvalue weighted by Crippen LogP contribution is -2.59. The Morgan fingerprint density at radius 1 is 1.09 bits per heavy atom. The predicted octanol–water partition coefficient (Wildman–Crippen LogP) is 5.51. The molecule has 1 unspecified atom stereocenters. The molecular weight excluding hydrogens is 455 g/mol. The van der Waals surface area contributed by atoms with Crippen LogP contribution in [0.2, 0.25) is 5.02 Å². The second kappa shape index (κ2) is 8.15. The lowest BCUT2D eigenvalue weighted by atomic mass is 9.50. The number of nitrogens with one attached hydrogen (secondary N) is 2. The molecule has 176 valence electrons. The van der Waals surface area contributed by atoms with Crippen molar-refractivity contribution >= 4 is 39.9 Å². The molecular formula is C24H25ClF3N3O2. The summed E-state index contributed by atoms with van der Waals surface area (Å²) >= 11 is 6.07. The molecule has 3 aliphatic rings. The molecule has 33 heavy (non-hydrogen) atoms. The van der Waals surface area contributed by atoms with E-state index in [0.717, 1.165) is 25.3 Å². The molecule has 1 heterocycles. The normalized spacial score (nSPS) is 26.5. The lowest BCUT2D eigenvalue weighted by Gasteiger charge is -2.51. The summed E-state index contributed by atoms with van der Waals surface area (Å²) in [5, 5.41) is 7.24. The van der Waals surface area contributed by atoms with Crippen LogP contribution < -0.4 is 10.6 Å². The zero-order valence-electron chi connectivity index (χ0n) is 18.0. The quantitative estimate of drug-likeness (QED) is 0.567. The highest BCUT2D eigenvalue weighted by Crippen LogP contribution is 2.55. The number of amides is 1. The van der Waals surface area contributed by atoms with Gasteiger partial charge < -0.3 is 10.6 Å². The lowest BCUT2D eigenvalue weighted by molar-refractivity contribution is -0.160. The topological polar surface area (TPSA) is 71.1 Å². The number of benzene rings is 1. The van der Waals surface area contributed by atoms with Crippen molar-refractivity contribution in [3.05, 3.63) is 35.0 Å². The summed E-state index contributed by atoms with van der Waals surface area (Å²) in [5.41, 5.74) is -0.565. The van der Waals surface area contributed by atoms with Gasteiger partial charge in [-0.25, -0.2) is 4.98 Å². The van der Waals surface area contributed by atoms with Crippen molar-refractivity contribution < 1.29 is 22.8 Å². The van der Waals surface area contributed by atoms with Crippen LogP contribution in [0.4, 0.5) is 18.9 Å². The molecule has 1 atom stereocenters. The SMILES string of the molecule is O=C(NC1CCC(Nc2cc(C(F)(F)F)nc3ccc(Cl)cc23)CC1)C1CC2(CCC2)C1=O. The van der Waals surface area contributed by atoms with Crippen LogP contribution in [0.25, 0.3) is 10.9 Å². The van der Waals surface area contributed by atoms with E-state index in [1.54, 1.807) is 6.07 Å². The highest BCUT2D eigenvalue weighted by molar-refractivity contribution is 6.31. The van der Waals surface area contributed by atoms with E-state index in [1.165, 1.54) is 12.1 Å². The first-order chi connectivity index (χ1) is 15.6. The smallest absolute Gasteiger partial charge is 0.382 e. The average Bonchev–Trinajstić information content (AvgIpc) is 2.72. The molecule has 1 spiro atoms. The Bertz CT molecular complexity index is 1110. The minimum atomic E-state index is -4.55. The molecule has 0 bridgehead atoms. The second-order valence-electron chi connectivity index (χ2n) is 9.67. The Hall–Kier alpha value is -2.35. The Labute approximate surface area is 194 Å². The van der Waals surface area contributed by atoms with Crippen LogP contribution in [0.15, 0.2) is 24.3 Å². The number of Topliss-reactive ketones (excluding diaryl/α,β-unsaturated/α-hetero) is 1. The molecule has 0 radical (unpaired) electrons. The number of carbonyl (C=O) groups is 2. The Balaban J connectivity index is 1.22. The van der Waals surface area contributed by atoms with Crippen molar-refractivity contribution in [1.29, 1.82) is 0 Å². The van der Waals surface area contributed by atoms with Crippen molar-refractivity contribution in [2.24, 2.45) is 11.3 Å². The maximum atomic E-state index is 13.3. The van der Waals surface area contributed by atoms with Crippen molar-refractivity contribution in [3.63, 3.8) is 0 Å². The number of fused-ring (bicyclic) bond motifs is 1. The molecule has 2 aromatic rings. The summed E-state index contributed by atoms with van der Waals surface area (Å²) in [4.78, 5) is 28.7. The van der Waals surface area contributed by atoms with Gasteiger partial charge in [0.05, 0.1) is 11.4 Å². The van der Waals surface area contributed by atoms with Crippen molar-refractivity contribution in [3.8, 4) is 0 Å². The fourth-order valence-corrected chi connectivity index (χ4v) is 5.63. The molecule has 1 aromatic heterocycles. The average molecular weight is 480 g/mol. The molecule has 5 rings (SSSR count). The zero-order valence-corrected chi connectivity index (χ0v) is 18.7. The molecule has 1 aromatic carbocycles. The van der Waals surface area contributed by atoms with Crippen molar-refractivity contribution in [1.82, 2.24) is 10.3 Å². The van der Waals surface area contributed by atoms with E-state index >= 15 is 0 Å². The minimum Gasteiger partial charge on any atom is -0.382 e. The fourth-order valence-electron chi connectivity index (χ4n) is 5.45. The monoisotopic (exact) mass is 479 g/mol. The van der Waals surface area contributed by atoms with Crippen molar-refractivity contribution in [2.45, 2.75) is 69.6 Å². The first-order valence-corrected chi connectivity index (χ1v) is 11.8. The van der Waals surface area contributed by atoms with E-state index in [2.05, 4.69) is 15.6 Å². The van der Waals surface area contributed by atoms with Gasteiger partial charge in [-0.1, -0.05) is 18.0 Å². The number of hydrogen-bond acceptors (Lipinski definition) is 4. The third-order valence-electron chi connectivity index (χ3n) is 7.56. The van der Waals surface area contributed by atoms with Gasteiger partial charge in [0.2, 0.25) is 5.91 Å². The molecule has 3 aliphatic carbocycles. The van der Waals surface area contributed by atoms with Gasteiger partial charge >= 0.3 is 6.18 Å². The van der Waals surface area contributed by atoms with Crippen LogP contribution in [0, 0.1) is 11.3 Å². The van der Waals surface area contributed by atoms with Gasteiger partial charge in [-0.15, -0.1) is 0 Å². The number of halogens is 4. The summed E-state index contributed by atoms with van der Waals surface area (Å²) in [6.45, 7) is 0. The van der Waals surface area contributed by atoms with Crippen LogP contribution in [0.3, 0.4) is 0 Å². The van der Waals surface area contributed by atoms with Gasteiger partial charge in [-0.3, -0.25) is 9.59 Å². The summed E-state index contributed by atoms with van der Waals surface area (Å²) in [5.74, 6) is -0.571. The summed E-state index contributed by atoms with van der Waals surface area (Å²) < 4.78 is 40.0. The molecule has 3 fully saturated rings. The van der Waals surface area contributed by atoms with E-state index in [-0.39, 0.29) is 34.7 Å². The molecule has 0 aliphatic heterocycles. The van der Waals surface area contributed by atoms with E-state index in [4.69, 9.17) is 11.6 Å². The fraction of sp³-hybridized carbons (Fsp3) is 0.542. The van der Waals surface area contributed by atoms with Gasteiger partial charge in [-0.2, -0.15) is 13.2 Å². The van der Waals surface area contributed by atoms with E-state index in [1.807, 2.05) is 0 Å². The van der Waals surface area contributed by atoms with Gasteiger partial charge in [0.1, 0.15) is 5.69 Å². The first kappa shape index (κ1) is 22.4. The highest BCUT2D eigenvalue weighted by atomic mass is 35.5. The minimum absolute atomic E-state index is 0.0179. The number of pyridine rings is 1. The van der Waals surface area contributed by atoms with Crippen LogP contribution in [-0.4, -0.2) is 28.8 Å². The van der Waals surface area contributed by atoms with Gasteiger partial charge in [0.25, 0.3) is 0 Å². The number of carbonyl (C=O) groups excluding carboxylic acids is 2. The summed E-state index contributed by atoms with van der Waals surface area (Å²) in [7, 11) is 0. The number of nitrogens with zero attached hydrogens (tertiary/aromatic N) is 1. The maximum Gasteiger partial charge on any atom is 0.433 e. The Morgan fingerprint density at radius 3 is 2.39 bits per heavy atom. The molecule has 2 N–H and O–H groups in total. The number of hydrogen-bond donors (Lipinski definition) is 2. The van der Waals surface area contributed by atoms with E-state index in [0.29, 0.717) is 48.2 Å². The second-order valence-corrected chi connectivity index (χ2v) is 10.1. The van der Waals surface area contributed by atoms with Crippen LogP contribution >= 0.6 is 11.6 Å². The molecule has 0 saturated heterocycles. The summed E-state index contributed by atoms with van der Waals surface area (Å²) in [6, 6.07) is 5.60. The predicted molar refractivity (Wildman–Crippen MR) is 119 cm³/mol. The van der Waals surface area contributed by atoms with Crippen LogP contribution in [0.1, 0.15) is 57.1 Å². The highest BCUT2D eigenvalue weighted by Gasteiger charge is 2.58. The standard InChI is InChI=1S/C24H25ClF3N3O2/c25-13-2-7-18-16(10-13)19(11-20(31-18)24(26,27)28)29-14-3-5-15(6-4-14)30-22(33)17-12-23(21(17)32)8-1-9-23/h2,7,10-11,14-15,17H,1,3-6,8-9,12H2,(H,29,31)(H,30,33). The maximum absolute atomic E-state index is 13.3. The first-order valence-electron chi connectivity index (χ1n) is 11.4. The van der Waals surface area contributed by atoms with E-state index in [9.17, 15) is 22.8 Å². The Kier molecular flexibility index (Phi) is 5.54. The molecule has 5 nitrogen and oxygen atoms in total. The number of rotatable bonds is 4. The third kappa shape index (κ3) is 4.18. The largest absolute Gasteiger partial charge is 0.433 e. The zero-order chi connectivity index (χ0) is 23.4. The molecule has 1 amide bonds. The van der Waals surface area contributed by atoms with Gasteiger partial charge in [0.15, 0.2) is 5.78 Å². The summed E-state index contributed by atoms with van der Waals surface area (Å²) in [6.07, 6.45) is 1.81. The van der Waals surface area contributed by atoms with Crippen LogP contribution in [0.5, 0.6) is 0 Å². The number of ketones is 1. The number of alkyl halides is 3. The van der Waals surface area contributed by atoms with Crippen LogP contribution in [-0.2, 0) is 15.8 Å². The number of anilines is 1. The van der Waals surface area contributed by atoms with Crippen molar-refractivity contribution in [2.75, 3.05) is 5.32 Å². The number of aromatic nitrogens is 1. The van der Waals surface area contributed by atoms with Gasteiger partial charge in [-0.05, 0) is 69.2 Å². The third-order valence-corrected chi connectivity index (χ3v) is 7.79.